The molecule has 2 nitrogen and oxygen atoms in total. The van der Waals surface area contributed by atoms with Crippen LogP contribution >= 0.6 is 0 Å². The van der Waals surface area contributed by atoms with Crippen LogP contribution < -0.4 is 10.1 Å². The van der Waals surface area contributed by atoms with E-state index in [1.165, 1.54) is 11.6 Å². The van der Waals surface area contributed by atoms with E-state index in [9.17, 15) is 4.39 Å². The summed E-state index contributed by atoms with van der Waals surface area (Å²) in [6, 6.07) is 13.2. The van der Waals surface area contributed by atoms with Gasteiger partial charge in [-0.05, 0) is 30.2 Å². The molecular formula is C18H22FNO. The predicted molar refractivity (Wildman–Crippen MR) is 84.3 cm³/mol. The zero-order valence-corrected chi connectivity index (χ0v) is 12.8. The van der Waals surface area contributed by atoms with Crippen LogP contribution in [-0.2, 0) is 6.42 Å². The molecule has 1 N–H and O–H groups in total. The van der Waals surface area contributed by atoms with Crippen LogP contribution in [0.3, 0.4) is 0 Å². The zero-order valence-electron chi connectivity index (χ0n) is 12.8. The molecule has 0 bridgehead atoms. The Morgan fingerprint density at radius 2 is 1.81 bits per heavy atom. The zero-order chi connectivity index (χ0) is 15.2. The number of aryl methyl sites for hydroxylation is 1. The van der Waals surface area contributed by atoms with Crippen molar-refractivity contribution in [2.24, 2.45) is 0 Å². The van der Waals surface area contributed by atoms with Crippen molar-refractivity contribution in [3.63, 3.8) is 0 Å². The highest BCUT2D eigenvalue weighted by Gasteiger charge is 2.17. The molecule has 1 atom stereocenters. The molecule has 0 aliphatic heterocycles. The number of ether oxygens (including phenoxy) is 1. The number of hydrogen-bond donors (Lipinski definition) is 1. The van der Waals surface area contributed by atoms with Gasteiger partial charge in [0.25, 0.3) is 0 Å². The lowest BCUT2D eigenvalue weighted by Gasteiger charge is -2.20. The molecule has 3 heteroatoms. The van der Waals surface area contributed by atoms with Gasteiger partial charge >= 0.3 is 0 Å². The minimum Gasteiger partial charge on any atom is -0.497 e. The Hall–Kier alpha value is -1.87. The normalized spacial score (nSPS) is 12.2. The van der Waals surface area contributed by atoms with E-state index in [0.717, 1.165) is 18.5 Å². The van der Waals surface area contributed by atoms with Gasteiger partial charge in [0.05, 0.1) is 13.2 Å². The number of hydrogen-bond acceptors (Lipinski definition) is 2. The standard InChI is InChI=1S/C18H22FNO/c1-4-13-6-8-14(9-7-13)18(20-5-2)16-11-10-15(21-3)12-17(16)19/h6-12,18,20H,4-5H2,1-3H3. The maximum absolute atomic E-state index is 14.3. The Morgan fingerprint density at radius 3 is 2.33 bits per heavy atom. The summed E-state index contributed by atoms with van der Waals surface area (Å²) in [5.41, 5.74) is 2.99. The first kappa shape index (κ1) is 15.5. The average molecular weight is 287 g/mol. The van der Waals surface area contributed by atoms with Gasteiger partial charge in [-0.2, -0.15) is 0 Å². The van der Waals surface area contributed by atoms with Crippen molar-refractivity contribution in [2.75, 3.05) is 13.7 Å². The molecule has 0 heterocycles. The van der Waals surface area contributed by atoms with Crippen molar-refractivity contribution in [1.29, 1.82) is 0 Å². The summed E-state index contributed by atoms with van der Waals surface area (Å²) in [5.74, 6) is 0.285. The van der Waals surface area contributed by atoms with Gasteiger partial charge in [-0.25, -0.2) is 4.39 Å². The molecule has 0 radical (unpaired) electrons. The first-order valence-electron chi connectivity index (χ1n) is 7.35. The van der Waals surface area contributed by atoms with Gasteiger partial charge in [-0.1, -0.05) is 44.2 Å². The molecule has 2 aromatic carbocycles. The van der Waals surface area contributed by atoms with Crippen LogP contribution in [0.4, 0.5) is 4.39 Å². The SMILES string of the molecule is CCNC(c1ccc(CC)cc1)c1ccc(OC)cc1F. The van der Waals surface area contributed by atoms with Gasteiger partial charge in [0, 0.05) is 11.6 Å². The van der Waals surface area contributed by atoms with Crippen molar-refractivity contribution >= 4 is 0 Å². The lowest BCUT2D eigenvalue weighted by Crippen LogP contribution is -2.23. The molecule has 0 aliphatic carbocycles. The number of benzene rings is 2. The molecule has 21 heavy (non-hydrogen) atoms. The fraction of sp³-hybridized carbons (Fsp3) is 0.333. The lowest BCUT2D eigenvalue weighted by molar-refractivity contribution is 0.410. The Labute approximate surface area is 126 Å². The molecule has 0 aliphatic rings. The molecule has 2 aromatic rings. The van der Waals surface area contributed by atoms with Crippen molar-refractivity contribution < 1.29 is 9.13 Å². The van der Waals surface area contributed by atoms with Crippen LogP contribution in [0.25, 0.3) is 0 Å². The van der Waals surface area contributed by atoms with E-state index < -0.39 is 0 Å². The van der Waals surface area contributed by atoms with E-state index >= 15 is 0 Å². The maximum Gasteiger partial charge on any atom is 0.132 e. The average Bonchev–Trinajstić information content (AvgIpc) is 2.53. The van der Waals surface area contributed by atoms with Gasteiger partial charge < -0.3 is 10.1 Å². The summed E-state index contributed by atoms with van der Waals surface area (Å²) in [6.45, 7) is 4.92. The van der Waals surface area contributed by atoms with Crippen molar-refractivity contribution in [3.8, 4) is 5.75 Å². The van der Waals surface area contributed by atoms with Gasteiger partial charge in [-0.3, -0.25) is 0 Å². The third-order valence-corrected chi connectivity index (χ3v) is 3.65. The number of nitrogens with one attached hydrogen (secondary N) is 1. The first-order valence-corrected chi connectivity index (χ1v) is 7.35. The second kappa shape index (κ2) is 7.23. The number of methoxy groups -OCH3 is 1. The minimum absolute atomic E-state index is 0.146. The molecule has 1 unspecified atom stereocenters. The van der Waals surface area contributed by atoms with E-state index in [0.29, 0.717) is 11.3 Å². The van der Waals surface area contributed by atoms with Gasteiger partial charge in [-0.15, -0.1) is 0 Å². The second-order valence-corrected chi connectivity index (χ2v) is 4.97. The van der Waals surface area contributed by atoms with Crippen LogP contribution in [0.1, 0.15) is 36.6 Å². The van der Waals surface area contributed by atoms with Crippen LogP contribution in [0, 0.1) is 5.82 Å². The number of rotatable bonds is 6. The smallest absolute Gasteiger partial charge is 0.132 e. The van der Waals surface area contributed by atoms with E-state index in [2.05, 4.69) is 36.5 Å². The third kappa shape index (κ3) is 3.61. The van der Waals surface area contributed by atoms with Crippen molar-refractivity contribution in [3.05, 3.63) is 65.0 Å². The Bertz CT molecular complexity index is 580. The maximum atomic E-state index is 14.3. The van der Waals surface area contributed by atoms with Gasteiger partial charge in [0.15, 0.2) is 0 Å². The quantitative estimate of drug-likeness (QED) is 0.864. The third-order valence-electron chi connectivity index (χ3n) is 3.65. The molecular weight excluding hydrogens is 265 g/mol. The summed E-state index contributed by atoms with van der Waals surface area (Å²) >= 11 is 0. The molecule has 0 fully saturated rings. The van der Waals surface area contributed by atoms with Crippen LogP contribution in [0.2, 0.25) is 0 Å². The lowest BCUT2D eigenvalue weighted by atomic mass is 9.96. The van der Waals surface area contributed by atoms with Crippen LogP contribution in [0.5, 0.6) is 5.75 Å². The highest BCUT2D eigenvalue weighted by molar-refractivity contribution is 5.37. The fourth-order valence-corrected chi connectivity index (χ4v) is 2.43. The monoisotopic (exact) mass is 287 g/mol. The predicted octanol–water partition coefficient (Wildman–Crippen LogP) is 4.10. The van der Waals surface area contributed by atoms with Crippen LogP contribution in [-0.4, -0.2) is 13.7 Å². The summed E-state index contributed by atoms with van der Waals surface area (Å²) in [4.78, 5) is 0. The van der Waals surface area contributed by atoms with E-state index in [1.807, 2.05) is 6.92 Å². The van der Waals surface area contributed by atoms with Crippen LogP contribution in [0.15, 0.2) is 42.5 Å². The Kier molecular flexibility index (Phi) is 5.34. The van der Waals surface area contributed by atoms with Gasteiger partial charge in [0.1, 0.15) is 11.6 Å². The largest absolute Gasteiger partial charge is 0.497 e. The summed E-state index contributed by atoms with van der Waals surface area (Å²) < 4.78 is 19.4. The van der Waals surface area contributed by atoms with E-state index in [1.54, 1.807) is 19.2 Å². The van der Waals surface area contributed by atoms with Crippen molar-refractivity contribution in [2.45, 2.75) is 26.3 Å². The summed E-state index contributed by atoms with van der Waals surface area (Å²) in [6.07, 6.45) is 1.00. The summed E-state index contributed by atoms with van der Waals surface area (Å²) in [7, 11) is 1.54. The Morgan fingerprint density at radius 1 is 1.10 bits per heavy atom. The molecule has 0 amide bonds. The minimum atomic E-state index is -0.250. The fourth-order valence-electron chi connectivity index (χ4n) is 2.43. The second-order valence-electron chi connectivity index (χ2n) is 4.97. The summed E-state index contributed by atoms with van der Waals surface area (Å²) in [5, 5.41) is 3.35. The first-order chi connectivity index (χ1) is 10.2. The topological polar surface area (TPSA) is 21.3 Å². The van der Waals surface area contributed by atoms with Gasteiger partial charge in [0.2, 0.25) is 0 Å². The molecule has 0 spiro atoms. The highest BCUT2D eigenvalue weighted by atomic mass is 19.1. The van der Waals surface area contributed by atoms with E-state index in [4.69, 9.17) is 4.74 Å². The Balaban J connectivity index is 2.37. The molecule has 112 valence electrons. The molecule has 0 saturated heterocycles. The molecule has 2 rings (SSSR count). The van der Waals surface area contributed by atoms with Crippen molar-refractivity contribution in [1.82, 2.24) is 5.32 Å². The highest BCUT2D eigenvalue weighted by Crippen LogP contribution is 2.27. The molecule has 0 saturated carbocycles. The number of halogens is 1. The van der Waals surface area contributed by atoms with E-state index in [-0.39, 0.29) is 11.9 Å². The molecule has 0 aromatic heterocycles.